The van der Waals surface area contributed by atoms with Gasteiger partial charge in [-0.2, -0.15) is 0 Å². The van der Waals surface area contributed by atoms with Crippen molar-refractivity contribution in [3.8, 4) is 0 Å². The third-order valence-corrected chi connectivity index (χ3v) is 3.65. The molecule has 84 valence electrons. The Bertz CT molecular complexity index is 300. The Hall–Kier alpha value is -0.610. The van der Waals surface area contributed by atoms with Crippen LogP contribution in [0.15, 0.2) is 0 Å². The van der Waals surface area contributed by atoms with Gasteiger partial charge in [-0.05, 0) is 38.8 Å². The number of amides is 1. The van der Waals surface area contributed by atoms with Gasteiger partial charge in [-0.15, -0.1) is 0 Å². The molecule has 4 nitrogen and oxygen atoms in total. The highest BCUT2D eigenvalue weighted by molar-refractivity contribution is 5.79. The lowest BCUT2D eigenvalue weighted by Gasteiger charge is -2.45. The van der Waals surface area contributed by atoms with Crippen LogP contribution in [0.4, 0.5) is 0 Å². The number of hydrogen-bond acceptors (Lipinski definition) is 3. The first kappa shape index (κ1) is 8.53. The molecular weight excluding hydrogens is 192 g/mol. The molecule has 0 bridgehead atoms. The van der Waals surface area contributed by atoms with Gasteiger partial charge in [0.1, 0.15) is 6.58 Å². The third kappa shape index (κ3) is 1.76. The lowest BCUT2D eigenvalue weighted by molar-refractivity contribution is -0.168. The summed E-state index contributed by atoms with van der Waals surface area (Å²) in [6.07, 6.45) is 4.04. The average molecular weight is 211 g/mol. The number of carbonyl (C=O) groups is 1. The van der Waals surface area contributed by atoms with Crippen LogP contribution >= 0.6 is 0 Å². The molecule has 4 heteroatoms. The Balaban J connectivity index is 1.78. The molecule has 3 aliphatic rings. The minimum Gasteiger partial charge on any atom is -0.363 e. The van der Waals surface area contributed by atoms with E-state index in [1.807, 2.05) is 4.90 Å². The maximum atomic E-state index is 11.8. The highest BCUT2D eigenvalue weighted by atomic mass is 16.5. The van der Waals surface area contributed by atoms with Crippen molar-refractivity contribution >= 4 is 5.91 Å². The van der Waals surface area contributed by atoms with E-state index < -0.39 is 6.58 Å². The van der Waals surface area contributed by atoms with Crippen molar-refractivity contribution in [3.05, 3.63) is 0 Å². The number of rotatable bonds is 1. The zero-order chi connectivity index (χ0) is 11.2. The first-order valence-electron chi connectivity index (χ1n) is 6.39. The maximum Gasteiger partial charge on any atom is 0.248 e. The molecule has 1 saturated carbocycles. The molecule has 2 aliphatic heterocycles. The van der Waals surface area contributed by atoms with Crippen LogP contribution in [0.3, 0.4) is 0 Å². The van der Waals surface area contributed by atoms with E-state index in [1.165, 1.54) is 0 Å². The van der Waals surface area contributed by atoms with E-state index in [9.17, 15) is 4.79 Å². The van der Waals surface area contributed by atoms with Gasteiger partial charge in [0.25, 0.3) is 0 Å². The van der Waals surface area contributed by atoms with E-state index >= 15 is 0 Å². The zero-order valence-corrected chi connectivity index (χ0v) is 8.87. The van der Waals surface area contributed by atoms with Gasteiger partial charge in [-0.1, -0.05) is 0 Å². The molecule has 0 radical (unpaired) electrons. The van der Waals surface area contributed by atoms with Gasteiger partial charge >= 0.3 is 0 Å². The van der Waals surface area contributed by atoms with Crippen LogP contribution in [0.2, 0.25) is 0 Å². The van der Waals surface area contributed by atoms with Crippen LogP contribution < -0.4 is 5.32 Å². The normalized spacial score (nSPS) is 36.8. The summed E-state index contributed by atoms with van der Waals surface area (Å²) in [5.74, 6) is -0.133. The summed E-state index contributed by atoms with van der Waals surface area (Å²) in [5.41, 5.74) is -0.242. The number of piperidine rings is 1. The van der Waals surface area contributed by atoms with E-state index in [0.29, 0.717) is 12.6 Å². The molecule has 15 heavy (non-hydrogen) atoms. The van der Waals surface area contributed by atoms with Crippen LogP contribution in [-0.2, 0) is 9.53 Å². The molecule has 1 atom stereocenters. The predicted octanol–water partition coefficient (Wildman–Crippen LogP) is 0.130. The quantitative estimate of drug-likeness (QED) is 0.670. The number of ether oxygens (including phenoxy) is 1. The summed E-state index contributed by atoms with van der Waals surface area (Å²) in [7, 11) is 0. The summed E-state index contributed by atoms with van der Waals surface area (Å²) < 4.78 is 13.4. The van der Waals surface area contributed by atoms with Crippen molar-refractivity contribution in [3.63, 3.8) is 0 Å². The number of morpholine rings is 1. The van der Waals surface area contributed by atoms with Crippen molar-refractivity contribution in [2.24, 2.45) is 0 Å². The van der Waals surface area contributed by atoms with Crippen molar-refractivity contribution in [1.29, 1.82) is 0 Å². The molecule has 1 amide bonds. The Morgan fingerprint density at radius 3 is 2.87 bits per heavy atom. The minimum atomic E-state index is -0.993. The van der Waals surface area contributed by atoms with Crippen LogP contribution in [0.25, 0.3) is 0 Å². The second-order valence-electron chi connectivity index (χ2n) is 4.87. The van der Waals surface area contributed by atoms with E-state index in [4.69, 9.17) is 6.11 Å². The molecule has 2 saturated heterocycles. The second kappa shape index (κ2) is 3.46. The molecule has 1 N–H and O–H groups in total. The average Bonchev–Trinajstić information content (AvgIpc) is 3.09. The molecule has 1 spiro atoms. The summed E-state index contributed by atoms with van der Waals surface area (Å²) in [5, 5.41) is 3.30. The monoisotopic (exact) mass is 211 g/mol. The van der Waals surface area contributed by atoms with Crippen molar-refractivity contribution in [2.45, 2.75) is 37.3 Å². The first-order chi connectivity index (χ1) is 7.70. The molecular formula is C11H18N2O2. The summed E-state index contributed by atoms with van der Waals surface area (Å²) in [6.45, 7) is 1.57. The molecule has 0 aromatic carbocycles. The van der Waals surface area contributed by atoms with Gasteiger partial charge in [0.2, 0.25) is 5.91 Å². The van der Waals surface area contributed by atoms with Crippen LogP contribution in [-0.4, -0.2) is 48.7 Å². The summed E-state index contributed by atoms with van der Waals surface area (Å²) in [4.78, 5) is 13.7. The van der Waals surface area contributed by atoms with Crippen LogP contribution in [0.1, 0.15) is 27.1 Å². The highest BCUT2D eigenvalue weighted by Gasteiger charge is 2.45. The highest BCUT2D eigenvalue weighted by Crippen LogP contribution is 2.34. The van der Waals surface area contributed by atoms with E-state index in [2.05, 4.69) is 5.32 Å². The fourth-order valence-corrected chi connectivity index (χ4v) is 2.52. The molecule has 0 aromatic heterocycles. The van der Waals surface area contributed by atoms with E-state index in [0.717, 1.165) is 38.8 Å². The smallest absolute Gasteiger partial charge is 0.248 e. The van der Waals surface area contributed by atoms with Crippen molar-refractivity contribution in [1.82, 2.24) is 10.2 Å². The lowest BCUT2D eigenvalue weighted by Crippen LogP contribution is -2.58. The van der Waals surface area contributed by atoms with Gasteiger partial charge in [-0.25, -0.2) is 0 Å². The fraction of sp³-hybridized carbons (Fsp3) is 0.909. The number of carbonyl (C=O) groups excluding carboxylic acids is 1. The summed E-state index contributed by atoms with van der Waals surface area (Å²) in [6, 6.07) is 0.399. The topological polar surface area (TPSA) is 41.6 Å². The number of nitrogens with one attached hydrogen (secondary N) is 1. The number of hydrogen-bond donors (Lipinski definition) is 1. The van der Waals surface area contributed by atoms with E-state index in [-0.39, 0.29) is 11.5 Å². The summed E-state index contributed by atoms with van der Waals surface area (Å²) >= 11 is 0. The van der Waals surface area contributed by atoms with E-state index in [1.54, 1.807) is 0 Å². The maximum absolute atomic E-state index is 11.8. The molecule has 3 fully saturated rings. The Morgan fingerprint density at radius 2 is 2.20 bits per heavy atom. The fourth-order valence-electron chi connectivity index (χ4n) is 2.52. The van der Waals surface area contributed by atoms with Gasteiger partial charge in [0.05, 0.1) is 13.5 Å². The molecule has 3 rings (SSSR count). The van der Waals surface area contributed by atoms with Crippen LogP contribution in [0, 0.1) is 0 Å². The largest absolute Gasteiger partial charge is 0.363 e. The van der Waals surface area contributed by atoms with Crippen molar-refractivity contribution in [2.75, 3.05) is 26.2 Å². The molecule has 2 heterocycles. The zero-order valence-electron chi connectivity index (χ0n) is 9.87. The van der Waals surface area contributed by atoms with Crippen molar-refractivity contribution < 1.29 is 10.9 Å². The third-order valence-electron chi connectivity index (χ3n) is 3.65. The van der Waals surface area contributed by atoms with Gasteiger partial charge < -0.3 is 15.0 Å². The standard InChI is InChI=1S/C11H18N2O2/c14-10-7-15-11(3-5-12-6-4-11)8-13(10)9-1-2-9/h9,12H,1-8H2/i7D. The second-order valence-corrected chi connectivity index (χ2v) is 4.87. The van der Waals surface area contributed by atoms with Gasteiger partial charge in [0.15, 0.2) is 0 Å². The van der Waals surface area contributed by atoms with Gasteiger partial charge in [0, 0.05) is 6.04 Å². The minimum absolute atomic E-state index is 0.133. The van der Waals surface area contributed by atoms with Gasteiger partial charge in [-0.3, -0.25) is 4.79 Å². The predicted molar refractivity (Wildman–Crippen MR) is 55.5 cm³/mol. The Kier molecular flexibility index (Phi) is 1.97. The lowest BCUT2D eigenvalue weighted by atomic mass is 9.90. The first-order valence-corrected chi connectivity index (χ1v) is 5.81. The Morgan fingerprint density at radius 1 is 1.47 bits per heavy atom. The number of nitrogens with zero attached hydrogens (tertiary/aromatic N) is 1. The van der Waals surface area contributed by atoms with Crippen LogP contribution in [0.5, 0.6) is 0 Å². The Labute approximate surface area is 91.4 Å². The molecule has 1 aliphatic carbocycles. The molecule has 0 aromatic rings. The SMILES string of the molecule is [2H]C1OC2(CCNCC2)CN(C2CC2)C1=O. The molecule has 1 unspecified atom stereocenters.